The molecule has 1 fully saturated rings. The molecule has 27 heavy (non-hydrogen) atoms. The topological polar surface area (TPSA) is 62.6 Å². The number of amides is 1. The summed E-state index contributed by atoms with van der Waals surface area (Å²) in [5, 5.41) is 0.639. The number of nitrogens with zero attached hydrogens (tertiary/aromatic N) is 3. The van der Waals surface area contributed by atoms with Gasteiger partial charge in [-0.25, -0.2) is 8.42 Å². The highest BCUT2D eigenvalue weighted by Gasteiger charge is 2.39. The van der Waals surface area contributed by atoms with Gasteiger partial charge in [-0.1, -0.05) is 23.7 Å². The number of rotatable bonds is 5. The van der Waals surface area contributed by atoms with Crippen LogP contribution in [0.1, 0.15) is 30.1 Å². The quantitative estimate of drug-likeness (QED) is 0.765. The van der Waals surface area contributed by atoms with Gasteiger partial charge in [0.15, 0.2) is 0 Å². The summed E-state index contributed by atoms with van der Waals surface area (Å²) >= 11 is 6.03. The summed E-state index contributed by atoms with van der Waals surface area (Å²) in [5.74, 6) is -0.167. The summed E-state index contributed by atoms with van der Waals surface area (Å²) < 4.78 is 27.7. The molecule has 1 atom stereocenters. The molecule has 0 radical (unpaired) electrons. The van der Waals surface area contributed by atoms with Crippen LogP contribution in [0.2, 0.25) is 5.02 Å². The zero-order valence-corrected chi connectivity index (χ0v) is 16.7. The van der Waals surface area contributed by atoms with E-state index >= 15 is 0 Å². The Bertz CT molecular complexity index is 951. The summed E-state index contributed by atoms with van der Waals surface area (Å²) in [6.07, 6.45) is 4.83. The molecule has 1 aliphatic carbocycles. The Labute approximate surface area is 164 Å². The Morgan fingerprint density at radius 1 is 1.19 bits per heavy atom. The van der Waals surface area contributed by atoms with E-state index in [1.807, 2.05) is 42.6 Å². The number of carbonyl (C=O) groups is 1. The summed E-state index contributed by atoms with van der Waals surface area (Å²) in [4.78, 5) is 14.9. The van der Waals surface area contributed by atoms with Gasteiger partial charge in [-0.15, -0.1) is 0 Å². The zero-order valence-electron chi connectivity index (χ0n) is 15.1. The van der Waals surface area contributed by atoms with E-state index in [4.69, 9.17) is 11.6 Å². The van der Waals surface area contributed by atoms with Gasteiger partial charge in [-0.05, 0) is 42.7 Å². The van der Waals surface area contributed by atoms with Crippen LogP contribution in [-0.4, -0.2) is 53.5 Å². The van der Waals surface area contributed by atoms with Crippen LogP contribution in [0.3, 0.4) is 0 Å². The van der Waals surface area contributed by atoms with Gasteiger partial charge in [0.05, 0.1) is 18.8 Å². The predicted octanol–water partition coefficient (Wildman–Crippen LogP) is 2.50. The Balaban J connectivity index is 1.65. The van der Waals surface area contributed by atoms with Crippen LogP contribution in [0.15, 0.2) is 42.6 Å². The number of aromatic nitrogens is 1. The molecular formula is C19H22ClN3O3S. The van der Waals surface area contributed by atoms with Crippen LogP contribution in [0.4, 0.5) is 0 Å². The second-order valence-corrected chi connectivity index (χ2v) is 9.58. The maximum Gasteiger partial charge on any atom is 0.238 e. The van der Waals surface area contributed by atoms with Crippen molar-refractivity contribution in [3.63, 3.8) is 0 Å². The van der Waals surface area contributed by atoms with E-state index in [1.165, 1.54) is 10.6 Å². The number of carbonyl (C=O) groups excluding carboxylic acids is 1. The minimum atomic E-state index is -3.41. The molecule has 1 aliphatic heterocycles. The highest BCUT2D eigenvalue weighted by molar-refractivity contribution is 7.88. The summed E-state index contributed by atoms with van der Waals surface area (Å²) in [5.41, 5.74) is 1.99. The number of hydrogen-bond donors (Lipinski definition) is 0. The van der Waals surface area contributed by atoms with Gasteiger partial charge >= 0.3 is 0 Å². The van der Waals surface area contributed by atoms with Crippen molar-refractivity contribution in [2.24, 2.45) is 0 Å². The lowest BCUT2D eigenvalue weighted by Crippen LogP contribution is -2.48. The highest BCUT2D eigenvalue weighted by atomic mass is 35.5. The van der Waals surface area contributed by atoms with E-state index < -0.39 is 10.0 Å². The van der Waals surface area contributed by atoms with E-state index in [2.05, 4.69) is 4.57 Å². The van der Waals surface area contributed by atoms with Crippen molar-refractivity contribution < 1.29 is 13.2 Å². The number of fused-ring (bicyclic) bond motifs is 1. The Kier molecular flexibility index (Phi) is 4.78. The fourth-order valence-electron chi connectivity index (χ4n) is 3.75. The number of hydrogen-bond acceptors (Lipinski definition) is 3. The molecule has 0 spiro atoms. The molecule has 8 heteroatoms. The second kappa shape index (κ2) is 6.96. The van der Waals surface area contributed by atoms with E-state index in [9.17, 15) is 13.2 Å². The molecule has 1 aromatic carbocycles. The SMILES string of the molecule is CS(=O)(=O)N(CC(=O)N1CCn2cccc2[C@@H]1c1ccc(Cl)cc1)C1CC1. The largest absolute Gasteiger partial charge is 0.348 e. The Hall–Kier alpha value is -1.83. The molecule has 4 rings (SSSR count). The van der Waals surface area contributed by atoms with Crippen molar-refractivity contribution in [2.45, 2.75) is 31.5 Å². The van der Waals surface area contributed by atoms with Crippen molar-refractivity contribution in [3.05, 3.63) is 58.9 Å². The first-order chi connectivity index (χ1) is 12.8. The van der Waals surface area contributed by atoms with Gasteiger partial charge in [0.2, 0.25) is 15.9 Å². The lowest BCUT2D eigenvalue weighted by atomic mass is 10.00. The van der Waals surface area contributed by atoms with Gasteiger partial charge in [0, 0.05) is 36.0 Å². The van der Waals surface area contributed by atoms with E-state index in [-0.39, 0.29) is 24.5 Å². The van der Waals surface area contributed by atoms with Gasteiger partial charge in [-0.3, -0.25) is 4.79 Å². The lowest BCUT2D eigenvalue weighted by Gasteiger charge is -2.38. The van der Waals surface area contributed by atoms with Crippen LogP contribution in [0, 0.1) is 0 Å². The maximum atomic E-state index is 13.2. The molecule has 1 aromatic heterocycles. The van der Waals surface area contributed by atoms with Crippen LogP contribution < -0.4 is 0 Å². The van der Waals surface area contributed by atoms with E-state index in [1.54, 1.807) is 4.90 Å². The van der Waals surface area contributed by atoms with E-state index in [0.29, 0.717) is 18.1 Å². The van der Waals surface area contributed by atoms with Crippen LogP contribution in [0.5, 0.6) is 0 Å². The van der Waals surface area contributed by atoms with Crippen molar-refractivity contribution in [1.82, 2.24) is 13.8 Å². The van der Waals surface area contributed by atoms with Crippen LogP contribution in [0.25, 0.3) is 0 Å². The highest BCUT2D eigenvalue weighted by Crippen LogP contribution is 2.34. The fraction of sp³-hybridized carbons (Fsp3) is 0.421. The smallest absolute Gasteiger partial charge is 0.238 e. The Morgan fingerprint density at radius 3 is 2.52 bits per heavy atom. The Morgan fingerprint density at radius 2 is 1.89 bits per heavy atom. The molecule has 144 valence electrons. The molecule has 6 nitrogen and oxygen atoms in total. The van der Waals surface area contributed by atoms with Gasteiger partial charge in [-0.2, -0.15) is 4.31 Å². The first-order valence-corrected chi connectivity index (χ1v) is 11.2. The van der Waals surface area contributed by atoms with Crippen molar-refractivity contribution in [3.8, 4) is 0 Å². The first-order valence-electron chi connectivity index (χ1n) is 9.01. The van der Waals surface area contributed by atoms with Crippen molar-refractivity contribution in [2.75, 3.05) is 19.3 Å². The summed E-state index contributed by atoms with van der Waals surface area (Å²) in [6.45, 7) is 1.13. The van der Waals surface area contributed by atoms with Crippen LogP contribution >= 0.6 is 11.6 Å². The second-order valence-electron chi connectivity index (χ2n) is 7.21. The minimum absolute atomic E-state index is 0.0356. The molecule has 0 N–H and O–H groups in total. The maximum absolute atomic E-state index is 13.2. The monoisotopic (exact) mass is 407 g/mol. The average molecular weight is 408 g/mol. The third-order valence-electron chi connectivity index (χ3n) is 5.22. The van der Waals surface area contributed by atoms with Gasteiger partial charge < -0.3 is 9.47 Å². The summed E-state index contributed by atoms with van der Waals surface area (Å²) in [6, 6.07) is 11.2. The lowest BCUT2D eigenvalue weighted by molar-refractivity contribution is -0.134. The molecule has 2 aromatic rings. The summed E-state index contributed by atoms with van der Waals surface area (Å²) in [7, 11) is -3.41. The standard InChI is InChI=1S/C19H22ClN3O3S/c1-27(25,26)23(16-8-9-16)13-18(24)22-12-11-21-10-2-3-17(21)19(22)14-4-6-15(20)7-5-14/h2-7,10,16,19H,8-9,11-13H2,1H3/t19-/m0/s1. The molecule has 1 amide bonds. The van der Waals surface area contributed by atoms with E-state index in [0.717, 1.165) is 24.1 Å². The predicted molar refractivity (Wildman–Crippen MR) is 104 cm³/mol. The molecule has 0 unspecified atom stereocenters. The normalized spacial score (nSPS) is 20.0. The molecule has 1 saturated carbocycles. The van der Waals surface area contributed by atoms with Crippen molar-refractivity contribution >= 4 is 27.5 Å². The van der Waals surface area contributed by atoms with Gasteiger partial charge in [0.25, 0.3) is 0 Å². The third-order valence-corrected chi connectivity index (χ3v) is 6.75. The van der Waals surface area contributed by atoms with Crippen molar-refractivity contribution in [1.29, 1.82) is 0 Å². The minimum Gasteiger partial charge on any atom is -0.348 e. The molecular weight excluding hydrogens is 386 g/mol. The number of halogens is 1. The number of benzene rings is 1. The molecule has 2 aliphatic rings. The fourth-order valence-corrected chi connectivity index (χ4v) is 4.97. The van der Waals surface area contributed by atoms with Gasteiger partial charge in [0.1, 0.15) is 0 Å². The molecule has 2 heterocycles. The average Bonchev–Trinajstić information content (AvgIpc) is 3.34. The molecule has 0 bridgehead atoms. The third kappa shape index (κ3) is 3.77. The van der Waals surface area contributed by atoms with Crippen LogP contribution in [-0.2, 0) is 21.4 Å². The molecule has 0 saturated heterocycles. The number of sulfonamides is 1. The zero-order chi connectivity index (χ0) is 19.2. The first kappa shape index (κ1) is 18.5.